The molecule has 2 heterocycles. The maximum Gasteiger partial charge on any atom is 0.358 e. The summed E-state index contributed by atoms with van der Waals surface area (Å²) in [6, 6.07) is 13.6. The Morgan fingerprint density at radius 2 is 2.06 bits per heavy atom. The predicted molar refractivity (Wildman–Crippen MR) is 64.0 cm³/mol. The van der Waals surface area contributed by atoms with Crippen molar-refractivity contribution in [3.63, 3.8) is 0 Å². The maximum absolute atomic E-state index is 11.4. The van der Waals surface area contributed by atoms with Crippen LogP contribution in [0.4, 0.5) is 0 Å². The molecule has 0 aliphatic heterocycles. The Kier molecular flexibility index (Phi) is 2.08. The lowest BCUT2D eigenvalue weighted by atomic mass is 10.2. The van der Waals surface area contributed by atoms with Gasteiger partial charge in [-0.1, -0.05) is 24.3 Å². The van der Waals surface area contributed by atoms with Crippen LogP contribution in [0, 0.1) is 0 Å². The van der Waals surface area contributed by atoms with Crippen molar-refractivity contribution in [1.29, 1.82) is 0 Å². The molecule has 2 aromatic heterocycles. The fraction of sp³-hybridized carbons (Fsp3) is 0.0769. The molecule has 3 aromatic rings. The summed E-state index contributed by atoms with van der Waals surface area (Å²) in [5, 5.41) is 5.34. The number of carbonyl (C=O) groups excluding carboxylic acids is 1. The van der Waals surface area contributed by atoms with Crippen LogP contribution in [0.2, 0.25) is 0 Å². The number of benzene rings is 1. The lowest BCUT2D eigenvalue weighted by molar-refractivity contribution is 0.0593. The molecule has 0 fully saturated rings. The van der Waals surface area contributed by atoms with Crippen molar-refractivity contribution in [2.45, 2.75) is 0 Å². The molecule has 0 spiro atoms. The SMILES string of the molecule is COC(=O)c1cc2ccc3ccccc3n2n1. The third-order valence-corrected chi connectivity index (χ3v) is 2.73. The minimum absolute atomic E-state index is 0.323. The van der Waals surface area contributed by atoms with E-state index in [0.717, 1.165) is 16.4 Å². The average Bonchev–Trinajstić information content (AvgIpc) is 2.82. The molecule has 17 heavy (non-hydrogen) atoms. The van der Waals surface area contributed by atoms with Gasteiger partial charge in [-0.3, -0.25) is 0 Å². The van der Waals surface area contributed by atoms with Crippen LogP contribution >= 0.6 is 0 Å². The van der Waals surface area contributed by atoms with E-state index in [4.69, 9.17) is 0 Å². The van der Waals surface area contributed by atoms with Crippen molar-refractivity contribution < 1.29 is 9.53 Å². The Balaban J connectivity index is 2.35. The minimum atomic E-state index is -0.419. The number of aromatic nitrogens is 2. The van der Waals surface area contributed by atoms with Gasteiger partial charge in [0, 0.05) is 5.39 Å². The van der Waals surface area contributed by atoms with Gasteiger partial charge in [-0.25, -0.2) is 9.31 Å². The summed E-state index contributed by atoms with van der Waals surface area (Å²) in [4.78, 5) is 11.4. The van der Waals surface area contributed by atoms with E-state index in [2.05, 4.69) is 9.84 Å². The van der Waals surface area contributed by atoms with Gasteiger partial charge < -0.3 is 4.74 Å². The number of esters is 1. The van der Waals surface area contributed by atoms with Gasteiger partial charge in [-0.05, 0) is 18.2 Å². The number of carbonyl (C=O) groups is 1. The first-order valence-corrected chi connectivity index (χ1v) is 5.25. The number of pyridine rings is 1. The summed E-state index contributed by atoms with van der Waals surface area (Å²) < 4.78 is 6.41. The quantitative estimate of drug-likeness (QED) is 0.598. The largest absolute Gasteiger partial charge is 0.464 e. The zero-order valence-electron chi connectivity index (χ0n) is 9.25. The number of para-hydroxylation sites is 1. The highest BCUT2D eigenvalue weighted by molar-refractivity contribution is 5.90. The molecule has 0 N–H and O–H groups in total. The summed E-state index contributed by atoms with van der Waals surface area (Å²) >= 11 is 0. The van der Waals surface area contributed by atoms with E-state index in [-0.39, 0.29) is 0 Å². The molecule has 0 amide bonds. The second-order valence-electron chi connectivity index (χ2n) is 3.75. The number of nitrogens with zero attached hydrogens (tertiary/aromatic N) is 2. The first-order chi connectivity index (χ1) is 8.29. The van der Waals surface area contributed by atoms with Crippen molar-refractivity contribution in [2.75, 3.05) is 7.11 Å². The smallest absolute Gasteiger partial charge is 0.358 e. The van der Waals surface area contributed by atoms with Gasteiger partial charge in [0.25, 0.3) is 0 Å². The number of ether oxygens (including phenoxy) is 1. The van der Waals surface area contributed by atoms with Crippen LogP contribution in [0.15, 0.2) is 42.5 Å². The average molecular weight is 226 g/mol. The zero-order chi connectivity index (χ0) is 11.8. The van der Waals surface area contributed by atoms with Crippen LogP contribution in [-0.2, 0) is 4.74 Å². The van der Waals surface area contributed by atoms with Crippen molar-refractivity contribution in [1.82, 2.24) is 9.61 Å². The molecule has 0 saturated heterocycles. The Morgan fingerprint density at radius 3 is 2.88 bits per heavy atom. The van der Waals surface area contributed by atoms with E-state index in [9.17, 15) is 4.79 Å². The first-order valence-electron chi connectivity index (χ1n) is 5.25. The lowest BCUT2D eigenvalue weighted by Crippen LogP contribution is -2.02. The van der Waals surface area contributed by atoms with Gasteiger partial charge in [0.05, 0.1) is 18.1 Å². The van der Waals surface area contributed by atoms with E-state index in [0.29, 0.717) is 5.69 Å². The highest BCUT2D eigenvalue weighted by Crippen LogP contribution is 2.17. The molecule has 0 aliphatic carbocycles. The molecule has 0 saturated carbocycles. The topological polar surface area (TPSA) is 43.6 Å². The number of fused-ring (bicyclic) bond motifs is 3. The number of rotatable bonds is 1. The van der Waals surface area contributed by atoms with E-state index >= 15 is 0 Å². The van der Waals surface area contributed by atoms with Crippen molar-refractivity contribution in [2.24, 2.45) is 0 Å². The fourth-order valence-electron chi connectivity index (χ4n) is 1.91. The van der Waals surface area contributed by atoms with Crippen molar-refractivity contribution in [3.05, 3.63) is 48.2 Å². The maximum atomic E-state index is 11.4. The summed E-state index contributed by atoms with van der Waals surface area (Å²) in [6.45, 7) is 0. The van der Waals surface area contributed by atoms with Crippen LogP contribution in [0.3, 0.4) is 0 Å². The highest BCUT2D eigenvalue weighted by atomic mass is 16.5. The summed E-state index contributed by atoms with van der Waals surface area (Å²) in [5.41, 5.74) is 2.17. The predicted octanol–water partition coefficient (Wildman–Crippen LogP) is 2.27. The molecule has 4 nitrogen and oxygen atoms in total. The van der Waals surface area contributed by atoms with E-state index in [1.54, 1.807) is 10.6 Å². The van der Waals surface area contributed by atoms with Gasteiger partial charge >= 0.3 is 5.97 Å². The van der Waals surface area contributed by atoms with E-state index in [1.807, 2.05) is 36.4 Å². The Labute approximate surface area is 97.4 Å². The molecule has 0 bridgehead atoms. The normalized spacial score (nSPS) is 10.9. The van der Waals surface area contributed by atoms with Gasteiger partial charge in [0.15, 0.2) is 5.69 Å². The van der Waals surface area contributed by atoms with Gasteiger partial charge in [0.1, 0.15) is 0 Å². The second kappa shape index (κ2) is 3.59. The number of methoxy groups -OCH3 is 1. The standard InChI is InChI=1S/C13H10N2O2/c1-17-13(16)11-8-10-7-6-9-4-2-3-5-12(9)15(10)14-11/h2-8H,1H3. The highest BCUT2D eigenvalue weighted by Gasteiger charge is 2.11. The van der Waals surface area contributed by atoms with Crippen molar-refractivity contribution >= 4 is 22.4 Å². The van der Waals surface area contributed by atoms with Crippen LogP contribution < -0.4 is 0 Å². The molecule has 84 valence electrons. The zero-order valence-corrected chi connectivity index (χ0v) is 9.25. The molecular weight excluding hydrogens is 216 g/mol. The van der Waals surface area contributed by atoms with E-state index in [1.165, 1.54) is 7.11 Å². The van der Waals surface area contributed by atoms with Gasteiger partial charge in [0.2, 0.25) is 0 Å². The molecule has 4 heteroatoms. The third kappa shape index (κ3) is 1.45. The van der Waals surface area contributed by atoms with Crippen LogP contribution in [0.1, 0.15) is 10.5 Å². The molecule has 0 radical (unpaired) electrons. The lowest BCUT2D eigenvalue weighted by Gasteiger charge is -1.99. The molecule has 0 unspecified atom stereocenters. The monoisotopic (exact) mass is 226 g/mol. The van der Waals surface area contributed by atoms with E-state index < -0.39 is 5.97 Å². The molecule has 3 rings (SSSR count). The van der Waals surface area contributed by atoms with Gasteiger partial charge in [-0.15, -0.1) is 0 Å². The van der Waals surface area contributed by atoms with Crippen LogP contribution in [-0.4, -0.2) is 22.7 Å². The Morgan fingerprint density at radius 1 is 1.24 bits per heavy atom. The second-order valence-corrected chi connectivity index (χ2v) is 3.75. The van der Waals surface area contributed by atoms with Crippen LogP contribution in [0.5, 0.6) is 0 Å². The number of hydrogen-bond donors (Lipinski definition) is 0. The third-order valence-electron chi connectivity index (χ3n) is 2.73. The molecular formula is C13H10N2O2. The molecule has 1 aromatic carbocycles. The summed E-state index contributed by atoms with van der Waals surface area (Å²) in [5.74, 6) is -0.419. The summed E-state index contributed by atoms with van der Waals surface area (Å²) in [7, 11) is 1.35. The first kappa shape index (κ1) is 9.84. The van der Waals surface area contributed by atoms with Gasteiger partial charge in [-0.2, -0.15) is 5.10 Å². The minimum Gasteiger partial charge on any atom is -0.464 e. The van der Waals surface area contributed by atoms with Crippen LogP contribution in [0.25, 0.3) is 16.4 Å². The fourth-order valence-corrected chi connectivity index (χ4v) is 1.91. The molecule has 0 aliphatic rings. The molecule has 0 atom stereocenters. The Bertz CT molecular complexity index is 716. The number of hydrogen-bond acceptors (Lipinski definition) is 3. The van der Waals surface area contributed by atoms with Crippen molar-refractivity contribution in [3.8, 4) is 0 Å². The Hall–Kier alpha value is -2.36. The summed E-state index contributed by atoms with van der Waals surface area (Å²) in [6.07, 6.45) is 0.